The minimum Gasteiger partial charge on any atom is -0.429 e. The third-order valence-corrected chi connectivity index (χ3v) is 6.36. The topological polar surface area (TPSA) is 18.5 Å². The van der Waals surface area contributed by atoms with Crippen LogP contribution >= 0.6 is 0 Å². The van der Waals surface area contributed by atoms with E-state index >= 15 is 0 Å². The van der Waals surface area contributed by atoms with Gasteiger partial charge in [0.05, 0.1) is 11.1 Å². The summed E-state index contributed by atoms with van der Waals surface area (Å²) in [5, 5.41) is 0. The van der Waals surface area contributed by atoms with Crippen molar-refractivity contribution in [1.82, 2.24) is 0 Å². The van der Waals surface area contributed by atoms with Crippen molar-refractivity contribution < 1.29 is 40.2 Å². The summed E-state index contributed by atoms with van der Waals surface area (Å²) >= 11 is 0. The summed E-state index contributed by atoms with van der Waals surface area (Å²) in [5.41, 5.74) is -0.222. The summed E-state index contributed by atoms with van der Waals surface area (Å²) in [5.74, 6) is -1.83. The number of hydrogen-bond acceptors (Lipinski definition) is 2. The average molecular weight is 512 g/mol. The van der Waals surface area contributed by atoms with Crippen LogP contribution in [0.4, 0.5) is 30.7 Å². The first kappa shape index (κ1) is 25.9. The number of hydrogen-bond donors (Lipinski definition) is 0. The largest absolute Gasteiger partial charge is 0.573 e. The molecular formula is C27H23F7O2. The van der Waals surface area contributed by atoms with Crippen LogP contribution in [0.1, 0.15) is 49.7 Å². The van der Waals surface area contributed by atoms with Crippen molar-refractivity contribution >= 4 is 0 Å². The van der Waals surface area contributed by atoms with E-state index in [4.69, 9.17) is 0 Å². The lowest BCUT2D eigenvalue weighted by molar-refractivity contribution is -0.274. The third-order valence-electron chi connectivity index (χ3n) is 6.36. The summed E-state index contributed by atoms with van der Waals surface area (Å²) < 4.78 is 104. The van der Waals surface area contributed by atoms with Crippen LogP contribution in [-0.4, -0.2) is 6.36 Å². The van der Waals surface area contributed by atoms with Gasteiger partial charge in [0.25, 0.3) is 0 Å². The SMILES string of the molecule is CC1CCC(c2cc(F)c(-c3ccc(C(F)(F)Oc4ccc(OC(F)(F)F)cc4)cc3)c(F)c2)CC1. The average Bonchev–Trinajstić information content (AvgIpc) is 2.80. The van der Waals surface area contributed by atoms with E-state index in [-0.39, 0.29) is 17.0 Å². The highest BCUT2D eigenvalue weighted by Crippen LogP contribution is 2.39. The van der Waals surface area contributed by atoms with Crippen LogP contribution in [-0.2, 0) is 6.11 Å². The summed E-state index contributed by atoms with van der Waals surface area (Å²) in [7, 11) is 0. The summed E-state index contributed by atoms with van der Waals surface area (Å²) in [6, 6.07) is 10.4. The number of ether oxygens (including phenoxy) is 2. The van der Waals surface area contributed by atoms with Crippen LogP contribution in [0.25, 0.3) is 11.1 Å². The first-order valence-corrected chi connectivity index (χ1v) is 11.4. The highest BCUT2D eigenvalue weighted by atomic mass is 19.4. The molecule has 0 N–H and O–H groups in total. The molecule has 4 rings (SSSR count). The van der Waals surface area contributed by atoms with Crippen LogP contribution < -0.4 is 9.47 Å². The zero-order chi connectivity index (χ0) is 26.1. The van der Waals surface area contributed by atoms with Gasteiger partial charge in [0, 0.05) is 0 Å². The second-order valence-electron chi connectivity index (χ2n) is 9.03. The predicted molar refractivity (Wildman–Crippen MR) is 120 cm³/mol. The maximum absolute atomic E-state index is 14.9. The number of alkyl halides is 5. The molecule has 0 amide bonds. The second kappa shape index (κ2) is 10.0. The zero-order valence-electron chi connectivity index (χ0n) is 19.2. The fourth-order valence-electron chi connectivity index (χ4n) is 4.44. The van der Waals surface area contributed by atoms with E-state index in [9.17, 15) is 30.7 Å². The molecule has 0 unspecified atom stereocenters. The molecule has 0 spiro atoms. The molecule has 2 nitrogen and oxygen atoms in total. The van der Waals surface area contributed by atoms with E-state index in [2.05, 4.69) is 16.4 Å². The van der Waals surface area contributed by atoms with Crippen LogP contribution in [0.3, 0.4) is 0 Å². The van der Waals surface area contributed by atoms with E-state index in [0.29, 0.717) is 11.5 Å². The Bertz CT molecular complexity index is 1160. The molecule has 0 saturated heterocycles. The molecule has 9 heteroatoms. The van der Waals surface area contributed by atoms with E-state index in [1.54, 1.807) is 0 Å². The first-order chi connectivity index (χ1) is 16.9. The molecule has 0 radical (unpaired) electrons. The smallest absolute Gasteiger partial charge is 0.429 e. The Hall–Kier alpha value is -3.23. The van der Waals surface area contributed by atoms with Gasteiger partial charge < -0.3 is 9.47 Å². The Labute approximate surface area is 203 Å². The normalized spacial score (nSPS) is 18.7. The highest BCUT2D eigenvalue weighted by Gasteiger charge is 2.35. The van der Waals surface area contributed by atoms with Crippen molar-refractivity contribution in [2.45, 2.75) is 51.0 Å². The highest BCUT2D eigenvalue weighted by molar-refractivity contribution is 5.66. The molecule has 1 aliphatic rings. The molecule has 192 valence electrons. The van der Waals surface area contributed by atoms with Crippen LogP contribution in [0.2, 0.25) is 0 Å². The molecule has 0 aliphatic heterocycles. The number of rotatable bonds is 6. The summed E-state index contributed by atoms with van der Waals surface area (Å²) in [4.78, 5) is 0. The maximum Gasteiger partial charge on any atom is 0.573 e. The molecule has 0 bridgehead atoms. The molecule has 0 heterocycles. The van der Waals surface area contributed by atoms with Crippen molar-refractivity contribution in [3.05, 3.63) is 83.4 Å². The quantitative estimate of drug-likeness (QED) is 0.307. The molecule has 36 heavy (non-hydrogen) atoms. The first-order valence-electron chi connectivity index (χ1n) is 11.4. The Morgan fingerprint density at radius 1 is 0.694 bits per heavy atom. The lowest BCUT2D eigenvalue weighted by atomic mass is 9.79. The van der Waals surface area contributed by atoms with Gasteiger partial charge >= 0.3 is 12.5 Å². The van der Waals surface area contributed by atoms with Crippen LogP contribution in [0.15, 0.2) is 60.7 Å². The second-order valence-corrected chi connectivity index (χ2v) is 9.03. The van der Waals surface area contributed by atoms with Gasteiger partial charge in [0.1, 0.15) is 23.1 Å². The van der Waals surface area contributed by atoms with Gasteiger partial charge in [-0.05, 0) is 84.3 Å². The molecule has 3 aromatic rings. The van der Waals surface area contributed by atoms with Crippen LogP contribution in [0, 0.1) is 17.6 Å². The Morgan fingerprint density at radius 2 is 1.19 bits per heavy atom. The molecule has 1 aliphatic carbocycles. The minimum absolute atomic E-state index is 0.0852. The van der Waals surface area contributed by atoms with Crippen molar-refractivity contribution in [3.63, 3.8) is 0 Å². The number of halogens is 7. The van der Waals surface area contributed by atoms with Gasteiger partial charge in [-0.1, -0.05) is 31.9 Å². The van der Waals surface area contributed by atoms with E-state index in [1.165, 1.54) is 12.1 Å². The molecule has 1 saturated carbocycles. The van der Waals surface area contributed by atoms with E-state index < -0.39 is 41.2 Å². The molecule has 1 fully saturated rings. The van der Waals surface area contributed by atoms with Crippen molar-refractivity contribution in [1.29, 1.82) is 0 Å². The Kier molecular flexibility index (Phi) is 7.20. The standard InChI is InChI=1S/C27H23F7O2/c1-16-2-4-17(5-3-16)19-14-23(28)25(24(29)15-19)18-6-8-20(9-7-18)26(30,31)35-21-10-12-22(13-11-21)36-27(32,33)34/h6-17H,2-5H2,1H3. The Balaban J connectivity index is 1.49. The van der Waals surface area contributed by atoms with Gasteiger partial charge in [-0.25, -0.2) is 8.78 Å². The molecule has 0 atom stereocenters. The van der Waals surface area contributed by atoms with E-state index in [1.807, 2.05) is 0 Å². The fraction of sp³-hybridized carbons (Fsp3) is 0.333. The van der Waals surface area contributed by atoms with E-state index in [0.717, 1.165) is 74.2 Å². The van der Waals surface area contributed by atoms with Crippen molar-refractivity contribution in [3.8, 4) is 22.6 Å². The maximum atomic E-state index is 14.9. The van der Waals surface area contributed by atoms with Crippen LogP contribution in [0.5, 0.6) is 11.5 Å². The fourth-order valence-corrected chi connectivity index (χ4v) is 4.44. The van der Waals surface area contributed by atoms with Gasteiger partial charge in [-0.2, -0.15) is 8.78 Å². The number of benzene rings is 3. The molecular weight excluding hydrogens is 489 g/mol. The lowest BCUT2D eigenvalue weighted by Gasteiger charge is -2.26. The minimum atomic E-state index is -4.91. The zero-order valence-corrected chi connectivity index (χ0v) is 19.2. The van der Waals surface area contributed by atoms with Gasteiger partial charge in [-0.15, -0.1) is 13.2 Å². The van der Waals surface area contributed by atoms with Crippen molar-refractivity contribution in [2.75, 3.05) is 0 Å². The molecule has 0 aromatic heterocycles. The van der Waals surface area contributed by atoms with Crippen molar-refractivity contribution in [2.24, 2.45) is 5.92 Å². The van der Waals surface area contributed by atoms with Gasteiger partial charge in [-0.3, -0.25) is 0 Å². The third kappa shape index (κ3) is 6.12. The Morgan fingerprint density at radius 3 is 1.69 bits per heavy atom. The van der Waals surface area contributed by atoms with Gasteiger partial charge in [0.2, 0.25) is 0 Å². The predicted octanol–water partition coefficient (Wildman–Crippen LogP) is 8.95. The summed E-state index contributed by atoms with van der Waals surface area (Å²) in [6.45, 7) is 2.15. The monoisotopic (exact) mass is 512 g/mol. The molecule has 3 aromatic carbocycles. The lowest BCUT2D eigenvalue weighted by Crippen LogP contribution is -2.22. The summed E-state index contributed by atoms with van der Waals surface area (Å²) in [6.07, 6.45) is -5.05. The van der Waals surface area contributed by atoms with Gasteiger partial charge in [0.15, 0.2) is 0 Å².